The quantitative estimate of drug-likeness (QED) is 0.657. The molecule has 0 fully saturated rings. The normalized spacial score (nSPS) is 11.3. The van der Waals surface area contributed by atoms with Crippen LogP contribution < -0.4 is 16.6 Å². The highest BCUT2D eigenvalue weighted by molar-refractivity contribution is 7.17. The van der Waals surface area contributed by atoms with Crippen molar-refractivity contribution < 1.29 is 4.79 Å². The molecule has 0 atom stereocenters. The molecule has 1 aromatic carbocycles. The molecule has 1 N–H and O–H groups in total. The van der Waals surface area contributed by atoms with Crippen LogP contribution in [0, 0.1) is 0 Å². The number of thiophene rings is 1. The molecule has 2 heterocycles. The zero-order chi connectivity index (χ0) is 20.3. The number of amides is 1. The lowest BCUT2D eigenvalue weighted by atomic mass is 10.0. The molecule has 0 bridgehead atoms. The Hall–Kier alpha value is -2.67. The molecule has 0 saturated carbocycles. The van der Waals surface area contributed by atoms with E-state index in [-0.39, 0.29) is 18.0 Å². The smallest absolute Gasteiger partial charge is 0.325 e. The van der Waals surface area contributed by atoms with Gasteiger partial charge < -0.3 is 5.32 Å². The lowest BCUT2D eigenvalue weighted by Gasteiger charge is -2.13. The van der Waals surface area contributed by atoms with Gasteiger partial charge in [-0.15, -0.1) is 11.3 Å². The maximum absolute atomic E-state index is 12.9. The second-order valence-electron chi connectivity index (χ2n) is 7.14. The van der Waals surface area contributed by atoms with Gasteiger partial charge in [0.15, 0.2) is 0 Å². The van der Waals surface area contributed by atoms with E-state index in [2.05, 4.69) is 19.2 Å². The fourth-order valence-corrected chi connectivity index (χ4v) is 3.96. The number of hydrogen-bond acceptors (Lipinski definition) is 4. The second-order valence-corrected chi connectivity index (χ2v) is 8.06. The van der Waals surface area contributed by atoms with E-state index < -0.39 is 5.69 Å². The molecule has 0 aliphatic heterocycles. The summed E-state index contributed by atoms with van der Waals surface area (Å²) in [5, 5.41) is 4.64. The Labute approximate surface area is 167 Å². The largest absolute Gasteiger partial charge is 0.332 e. The molecular weight excluding hydrogens is 374 g/mol. The topological polar surface area (TPSA) is 73.1 Å². The molecule has 0 spiro atoms. The first-order chi connectivity index (χ1) is 13.4. The molecule has 6 nitrogen and oxygen atoms in total. The Balaban J connectivity index is 1.92. The molecule has 2 aromatic heterocycles. The number of anilines is 1. The summed E-state index contributed by atoms with van der Waals surface area (Å²) in [6.07, 6.45) is 1.61. The minimum Gasteiger partial charge on any atom is -0.325 e. The highest BCUT2D eigenvalue weighted by Crippen LogP contribution is 2.19. The number of carbonyl (C=O) groups excluding carboxylic acids is 1. The Bertz CT molecular complexity index is 1110. The zero-order valence-corrected chi connectivity index (χ0v) is 17.2. The van der Waals surface area contributed by atoms with Crippen molar-refractivity contribution in [3.8, 4) is 0 Å². The third kappa shape index (κ3) is 4.09. The summed E-state index contributed by atoms with van der Waals surface area (Å²) < 4.78 is 3.14. The van der Waals surface area contributed by atoms with Crippen molar-refractivity contribution in [1.82, 2.24) is 9.13 Å². The van der Waals surface area contributed by atoms with Crippen LogP contribution in [0.5, 0.6) is 0 Å². The first-order valence-electron chi connectivity index (χ1n) is 9.53. The van der Waals surface area contributed by atoms with Crippen molar-refractivity contribution in [2.45, 2.75) is 52.6 Å². The van der Waals surface area contributed by atoms with Crippen LogP contribution in [0.25, 0.3) is 10.2 Å². The third-order valence-corrected chi connectivity index (χ3v) is 5.60. The van der Waals surface area contributed by atoms with E-state index in [4.69, 9.17) is 0 Å². The molecule has 0 radical (unpaired) electrons. The predicted molar refractivity (Wildman–Crippen MR) is 114 cm³/mol. The van der Waals surface area contributed by atoms with Gasteiger partial charge in [-0.05, 0) is 41.5 Å². The van der Waals surface area contributed by atoms with Gasteiger partial charge in [0, 0.05) is 12.2 Å². The Morgan fingerprint density at radius 1 is 1.18 bits per heavy atom. The average Bonchev–Trinajstić information content (AvgIpc) is 3.15. The first-order valence-corrected chi connectivity index (χ1v) is 10.4. The number of carbonyl (C=O) groups is 1. The minimum atomic E-state index is -0.435. The lowest BCUT2D eigenvalue weighted by Crippen LogP contribution is -2.41. The standard InChI is InChI=1S/C21H25N3O3S/c1-4-5-10-23-20(26)19-17(9-11-28-19)24(21(23)27)13-18(25)22-16-8-6-7-15(12-16)14(2)3/h6-9,11-12,14H,4-5,10,13H2,1-3H3,(H,22,25). The van der Waals surface area contributed by atoms with Crippen LogP contribution in [0.2, 0.25) is 0 Å². The van der Waals surface area contributed by atoms with Crippen molar-refractivity contribution in [3.05, 3.63) is 62.1 Å². The summed E-state index contributed by atoms with van der Waals surface area (Å²) in [7, 11) is 0. The fourth-order valence-electron chi connectivity index (χ4n) is 3.12. The molecular formula is C21H25N3O3S. The number of aromatic nitrogens is 2. The molecule has 3 rings (SSSR count). The molecule has 28 heavy (non-hydrogen) atoms. The van der Waals surface area contributed by atoms with E-state index in [9.17, 15) is 14.4 Å². The van der Waals surface area contributed by atoms with E-state index in [0.717, 1.165) is 18.4 Å². The SMILES string of the molecule is CCCCn1c(=O)c2sccc2n(CC(=O)Nc2cccc(C(C)C)c2)c1=O. The van der Waals surface area contributed by atoms with Crippen LogP contribution in [0.3, 0.4) is 0 Å². The van der Waals surface area contributed by atoms with Crippen molar-refractivity contribution in [3.63, 3.8) is 0 Å². The molecule has 148 valence electrons. The van der Waals surface area contributed by atoms with Crippen LogP contribution in [-0.2, 0) is 17.9 Å². The number of fused-ring (bicyclic) bond motifs is 1. The van der Waals surface area contributed by atoms with Crippen LogP contribution >= 0.6 is 11.3 Å². The number of nitrogens with zero attached hydrogens (tertiary/aromatic N) is 2. The molecule has 0 saturated heterocycles. The molecule has 0 aliphatic rings. The van der Waals surface area contributed by atoms with Crippen molar-refractivity contribution in [2.24, 2.45) is 0 Å². The summed E-state index contributed by atoms with van der Waals surface area (Å²) in [5.74, 6) is 0.0585. The fraction of sp³-hybridized carbons (Fsp3) is 0.381. The van der Waals surface area contributed by atoms with Crippen LogP contribution in [-0.4, -0.2) is 15.0 Å². The van der Waals surface area contributed by atoms with Gasteiger partial charge in [0.25, 0.3) is 5.56 Å². The molecule has 3 aromatic rings. The summed E-state index contributed by atoms with van der Waals surface area (Å²) >= 11 is 1.30. The minimum absolute atomic E-state index is 0.135. The third-order valence-electron chi connectivity index (χ3n) is 4.71. The second kappa shape index (κ2) is 8.56. The monoisotopic (exact) mass is 399 g/mol. The summed E-state index contributed by atoms with van der Waals surface area (Å²) in [4.78, 5) is 38.1. The van der Waals surface area contributed by atoms with Gasteiger partial charge in [-0.1, -0.05) is 39.3 Å². The first kappa shape index (κ1) is 20.1. The summed E-state index contributed by atoms with van der Waals surface area (Å²) in [6, 6.07) is 9.41. The van der Waals surface area contributed by atoms with Crippen molar-refractivity contribution in [1.29, 1.82) is 0 Å². The van der Waals surface area contributed by atoms with Gasteiger partial charge in [0.05, 0.1) is 5.52 Å². The van der Waals surface area contributed by atoms with E-state index in [1.807, 2.05) is 31.2 Å². The highest BCUT2D eigenvalue weighted by atomic mass is 32.1. The van der Waals surface area contributed by atoms with Crippen LogP contribution in [0.4, 0.5) is 5.69 Å². The van der Waals surface area contributed by atoms with Gasteiger partial charge in [-0.2, -0.15) is 0 Å². The van der Waals surface area contributed by atoms with Gasteiger partial charge in [-0.3, -0.25) is 18.7 Å². The highest BCUT2D eigenvalue weighted by Gasteiger charge is 2.16. The molecule has 0 aliphatic carbocycles. The van der Waals surface area contributed by atoms with Crippen molar-refractivity contribution in [2.75, 3.05) is 5.32 Å². The van der Waals surface area contributed by atoms with Gasteiger partial charge in [-0.25, -0.2) is 4.79 Å². The number of hydrogen-bond donors (Lipinski definition) is 1. The number of rotatable bonds is 7. The zero-order valence-electron chi connectivity index (χ0n) is 16.4. The summed E-state index contributed by atoms with van der Waals surface area (Å²) in [5.41, 5.74) is 1.63. The lowest BCUT2D eigenvalue weighted by molar-refractivity contribution is -0.116. The Morgan fingerprint density at radius 3 is 2.68 bits per heavy atom. The van der Waals surface area contributed by atoms with Gasteiger partial charge >= 0.3 is 5.69 Å². The summed E-state index contributed by atoms with van der Waals surface area (Å²) in [6.45, 7) is 6.41. The molecule has 1 amide bonds. The Morgan fingerprint density at radius 2 is 1.96 bits per heavy atom. The van der Waals surface area contributed by atoms with E-state index in [1.165, 1.54) is 20.5 Å². The molecule has 0 unspecified atom stereocenters. The van der Waals surface area contributed by atoms with E-state index >= 15 is 0 Å². The van der Waals surface area contributed by atoms with E-state index in [1.54, 1.807) is 11.4 Å². The maximum atomic E-state index is 12.9. The maximum Gasteiger partial charge on any atom is 0.332 e. The number of unbranched alkanes of at least 4 members (excludes halogenated alkanes) is 1. The number of nitrogens with one attached hydrogen (secondary N) is 1. The van der Waals surface area contributed by atoms with Crippen molar-refractivity contribution >= 4 is 33.1 Å². The number of benzene rings is 1. The van der Waals surface area contributed by atoms with Crippen LogP contribution in [0.15, 0.2) is 45.3 Å². The molecule has 7 heteroatoms. The average molecular weight is 400 g/mol. The van der Waals surface area contributed by atoms with Crippen LogP contribution in [0.1, 0.15) is 45.1 Å². The van der Waals surface area contributed by atoms with Gasteiger partial charge in [0.1, 0.15) is 11.2 Å². The van der Waals surface area contributed by atoms with Gasteiger partial charge in [0.2, 0.25) is 5.91 Å². The predicted octanol–water partition coefficient (Wildman–Crippen LogP) is 3.79. The van der Waals surface area contributed by atoms with E-state index in [0.29, 0.717) is 28.4 Å². The Kier molecular flexibility index (Phi) is 6.14.